The third-order valence-electron chi connectivity index (χ3n) is 3.89. The summed E-state index contributed by atoms with van der Waals surface area (Å²) in [7, 11) is 0. The lowest BCUT2D eigenvalue weighted by molar-refractivity contribution is 0.412. The van der Waals surface area contributed by atoms with Crippen LogP contribution in [0, 0.1) is 11.8 Å². The quantitative estimate of drug-likeness (QED) is 0.700. The first-order valence-corrected chi connectivity index (χ1v) is 8.31. The van der Waals surface area contributed by atoms with Crippen molar-refractivity contribution in [2.45, 2.75) is 66.3 Å². The lowest BCUT2D eigenvalue weighted by Gasteiger charge is -2.17. The molecule has 0 bridgehead atoms. The molecule has 20 heavy (non-hydrogen) atoms. The van der Waals surface area contributed by atoms with E-state index in [-0.39, 0.29) is 0 Å². The Balaban J connectivity index is 2.49. The van der Waals surface area contributed by atoms with Crippen LogP contribution < -0.4 is 5.32 Å². The molecule has 0 amide bonds. The van der Waals surface area contributed by atoms with Gasteiger partial charge in [-0.25, -0.2) is 0 Å². The highest BCUT2D eigenvalue weighted by molar-refractivity contribution is 5.01. The highest BCUT2D eigenvalue weighted by atomic mass is 15.3. The molecule has 0 saturated carbocycles. The minimum Gasteiger partial charge on any atom is -0.316 e. The van der Waals surface area contributed by atoms with Crippen LogP contribution in [0.25, 0.3) is 0 Å². The fourth-order valence-corrected chi connectivity index (χ4v) is 2.48. The molecule has 0 aromatic carbocycles. The topological polar surface area (TPSA) is 29.9 Å². The third kappa shape index (κ3) is 6.08. The number of hydrogen-bond acceptors (Lipinski definition) is 2. The lowest BCUT2D eigenvalue weighted by atomic mass is 9.98. The van der Waals surface area contributed by atoms with Gasteiger partial charge in [-0.05, 0) is 57.2 Å². The third-order valence-corrected chi connectivity index (χ3v) is 3.89. The normalized spacial score (nSPS) is 14.7. The molecule has 2 unspecified atom stereocenters. The van der Waals surface area contributed by atoms with Gasteiger partial charge in [0.1, 0.15) is 0 Å². The summed E-state index contributed by atoms with van der Waals surface area (Å²) in [5.74, 6) is 1.43. The number of hydrogen-bond donors (Lipinski definition) is 1. The number of nitrogens with one attached hydrogen (secondary N) is 1. The maximum Gasteiger partial charge on any atom is 0.0627 e. The van der Waals surface area contributed by atoms with Gasteiger partial charge in [0.05, 0.1) is 5.69 Å². The molecule has 1 rings (SSSR count). The predicted octanol–water partition coefficient (Wildman–Crippen LogP) is 4.06. The van der Waals surface area contributed by atoms with E-state index in [0.29, 0.717) is 12.0 Å². The average Bonchev–Trinajstić information content (AvgIpc) is 2.86. The molecular formula is C17H33N3. The molecule has 0 aliphatic carbocycles. The molecule has 0 radical (unpaired) electrons. The average molecular weight is 279 g/mol. The summed E-state index contributed by atoms with van der Waals surface area (Å²) < 4.78 is 2.11. The van der Waals surface area contributed by atoms with Gasteiger partial charge in [0, 0.05) is 12.2 Å². The second-order valence-corrected chi connectivity index (χ2v) is 6.46. The van der Waals surface area contributed by atoms with Crippen molar-refractivity contribution in [3.8, 4) is 0 Å². The van der Waals surface area contributed by atoms with Crippen LogP contribution in [0.15, 0.2) is 12.3 Å². The monoisotopic (exact) mass is 279 g/mol. The van der Waals surface area contributed by atoms with E-state index in [1.165, 1.54) is 18.5 Å². The first-order valence-electron chi connectivity index (χ1n) is 8.31. The summed E-state index contributed by atoms with van der Waals surface area (Å²) in [6, 6.07) is 2.70. The molecule has 116 valence electrons. The fourth-order valence-electron chi connectivity index (χ4n) is 2.48. The Bertz CT molecular complexity index is 357. The Morgan fingerprint density at radius 2 is 1.95 bits per heavy atom. The maximum absolute atomic E-state index is 4.74. The summed E-state index contributed by atoms with van der Waals surface area (Å²) in [6.45, 7) is 13.5. The van der Waals surface area contributed by atoms with Crippen LogP contribution in [-0.2, 0) is 6.42 Å². The fraction of sp³-hybridized carbons (Fsp3) is 0.824. The second kappa shape index (κ2) is 9.17. The molecule has 0 saturated heterocycles. The zero-order valence-corrected chi connectivity index (χ0v) is 14.0. The van der Waals surface area contributed by atoms with Crippen LogP contribution in [0.2, 0.25) is 0 Å². The second-order valence-electron chi connectivity index (χ2n) is 6.46. The molecule has 3 nitrogen and oxygen atoms in total. The molecule has 1 N–H and O–H groups in total. The van der Waals surface area contributed by atoms with Crippen molar-refractivity contribution in [1.29, 1.82) is 0 Å². The van der Waals surface area contributed by atoms with Gasteiger partial charge in [-0.3, -0.25) is 4.68 Å². The summed E-state index contributed by atoms with van der Waals surface area (Å²) in [6.07, 6.45) is 6.90. The van der Waals surface area contributed by atoms with Crippen molar-refractivity contribution in [1.82, 2.24) is 15.1 Å². The minimum atomic E-state index is 0.507. The van der Waals surface area contributed by atoms with Gasteiger partial charge in [-0.1, -0.05) is 34.1 Å². The molecular weight excluding hydrogens is 246 g/mol. The number of rotatable bonds is 10. The largest absolute Gasteiger partial charge is 0.316 e. The van der Waals surface area contributed by atoms with E-state index >= 15 is 0 Å². The van der Waals surface area contributed by atoms with Crippen LogP contribution in [0.3, 0.4) is 0 Å². The van der Waals surface area contributed by atoms with Gasteiger partial charge < -0.3 is 5.32 Å². The Morgan fingerprint density at radius 3 is 2.55 bits per heavy atom. The number of nitrogens with zero attached hydrogens (tertiary/aromatic N) is 2. The van der Waals surface area contributed by atoms with Gasteiger partial charge in [-0.15, -0.1) is 0 Å². The molecule has 0 fully saturated rings. The summed E-state index contributed by atoms with van der Waals surface area (Å²) in [5.41, 5.74) is 1.25. The summed E-state index contributed by atoms with van der Waals surface area (Å²) >= 11 is 0. The highest BCUT2D eigenvalue weighted by Gasteiger charge is 2.12. The van der Waals surface area contributed by atoms with E-state index < -0.39 is 0 Å². The Kier molecular flexibility index (Phi) is 7.90. The van der Waals surface area contributed by atoms with Gasteiger partial charge >= 0.3 is 0 Å². The van der Waals surface area contributed by atoms with Crippen LogP contribution in [0.4, 0.5) is 0 Å². The summed E-state index contributed by atoms with van der Waals surface area (Å²) in [4.78, 5) is 0. The highest BCUT2D eigenvalue weighted by Crippen LogP contribution is 2.15. The standard InChI is InChI=1S/C17H33N3/c1-6-8-16(13-18-12-14(3)4)11-17-9-10-20(19-17)15(5)7-2/h9-10,14-16,18H,6-8,11-13H2,1-5H3. The Hall–Kier alpha value is -0.830. The Labute approximate surface area is 125 Å². The van der Waals surface area contributed by atoms with Crippen molar-refractivity contribution in [3.63, 3.8) is 0 Å². The minimum absolute atomic E-state index is 0.507. The van der Waals surface area contributed by atoms with Crippen LogP contribution >= 0.6 is 0 Å². The molecule has 1 aromatic heterocycles. The van der Waals surface area contributed by atoms with Crippen LogP contribution in [-0.4, -0.2) is 22.9 Å². The van der Waals surface area contributed by atoms with E-state index in [2.05, 4.69) is 56.9 Å². The van der Waals surface area contributed by atoms with Crippen LogP contribution in [0.5, 0.6) is 0 Å². The maximum atomic E-state index is 4.74. The zero-order chi connectivity index (χ0) is 15.0. The van der Waals surface area contributed by atoms with Crippen molar-refractivity contribution in [2.24, 2.45) is 11.8 Å². The van der Waals surface area contributed by atoms with E-state index in [0.717, 1.165) is 31.8 Å². The first kappa shape index (κ1) is 17.2. The van der Waals surface area contributed by atoms with E-state index in [9.17, 15) is 0 Å². The van der Waals surface area contributed by atoms with Gasteiger partial charge in [0.2, 0.25) is 0 Å². The Morgan fingerprint density at radius 1 is 1.20 bits per heavy atom. The molecule has 0 spiro atoms. The smallest absolute Gasteiger partial charge is 0.0627 e. The van der Waals surface area contributed by atoms with Crippen molar-refractivity contribution < 1.29 is 0 Å². The molecule has 0 aliphatic rings. The van der Waals surface area contributed by atoms with E-state index in [1.807, 2.05) is 0 Å². The molecule has 1 heterocycles. The summed E-state index contributed by atoms with van der Waals surface area (Å²) in [5, 5.41) is 8.33. The van der Waals surface area contributed by atoms with E-state index in [4.69, 9.17) is 5.10 Å². The predicted molar refractivity (Wildman–Crippen MR) is 87.0 cm³/mol. The van der Waals surface area contributed by atoms with Gasteiger partial charge in [-0.2, -0.15) is 5.10 Å². The molecule has 2 atom stereocenters. The zero-order valence-electron chi connectivity index (χ0n) is 14.0. The van der Waals surface area contributed by atoms with Crippen molar-refractivity contribution in [2.75, 3.05) is 13.1 Å². The molecule has 0 aliphatic heterocycles. The molecule has 3 heteroatoms. The molecule has 1 aromatic rings. The SMILES string of the molecule is CCCC(CNCC(C)C)Cc1ccn(C(C)CC)n1. The van der Waals surface area contributed by atoms with Gasteiger partial charge in [0.25, 0.3) is 0 Å². The van der Waals surface area contributed by atoms with Gasteiger partial charge in [0.15, 0.2) is 0 Å². The van der Waals surface area contributed by atoms with Crippen molar-refractivity contribution >= 4 is 0 Å². The number of aromatic nitrogens is 2. The van der Waals surface area contributed by atoms with Crippen LogP contribution in [0.1, 0.15) is 65.6 Å². The first-order chi connectivity index (χ1) is 9.56. The lowest BCUT2D eigenvalue weighted by Crippen LogP contribution is -2.27. The van der Waals surface area contributed by atoms with E-state index in [1.54, 1.807) is 0 Å². The van der Waals surface area contributed by atoms with Crippen molar-refractivity contribution in [3.05, 3.63) is 18.0 Å².